The molecule has 1 aliphatic carbocycles. The van der Waals surface area contributed by atoms with Crippen molar-refractivity contribution >= 4 is 11.4 Å². The summed E-state index contributed by atoms with van der Waals surface area (Å²) in [5.74, 6) is 1.37. The van der Waals surface area contributed by atoms with E-state index in [9.17, 15) is 4.39 Å². The first-order chi connectivity index (χ1) is 10.0. The van der Waals surface area contributed by atoms with Crippen LogP contribution in [0.25, 0.3) is 0 Å². The van der Waals surface area contributed by atoms with Gasteiger partial charge < -0.3 is 15.8 Å². The second-order valence-electron chi connectivity index (χ2n) is 6.33. The highest BCUT2D eigenvalue weighted by Gasteiger charge is 2.25. The minimum atomic E-state index is -0.392. The second-order valence-corrected chi connectivity index (χ2v) is 6.33. The Bertz CT molecular complexity index is 478. The maximum absolute atomic E-state index is 13.8. The Morgan fingerprint density at radius 1 is 1.29 bits per heavy atom. The van der Waals surface area contributed by atoms with E-state index in [-0.39, 0.29) is 5.75 Å². The van der Waals surface area contributed by atoms with Crippen LogP contribution in [0.15, 0.2) is 12.1 Å². The molecule has 3 N–H and O–H groups in total. The lowest BCUT2D eigenvalue weighted by Crippen LogP contribution is -2.30. The number of rotatable bonds is 5. The van der Waals surface area contributed by atoms with E-state index in [1.54, 1.807) is 6.07 Å². The van der Waals surface area contributed by atoms with Gasteiger partial charge in [-0.2, -0.15) is 0 Å². The normalized spacial score (nSPS) is 25.6. The molecule has 4 heteroatoms. The lowest BCUT2D eigenvalue weighted by atomic mass is 9.79. The van der Waals surface area contributed by atoms with E-state index < -0.39 is 5.82 Å². The number of ether oxygens (including phenoxy) is 1. The van der Waals surface area contributed by atoms with Gasteiger partial charge in [-0.1, -0.05) is 20.8 Å². The van der Waals surface area contributed by atoms with Gasteiger partial charge in [-0.3, -0.25) is 0 Å². The van der Waals surface area contributed by atoms with E-state index in [0.29, 0.717) is 24.3 Å². The van der Waals surface area contributed by atoms with E-state index >= 15 is 0 Å². The van der Waals surface area contributed by atoms with E-state index in [4.69, 9.17) is 10.5 Å². The van der Waals surface area contributed by atoms with Gasteiger partial charge in [-0.15, -0.1) is 0 Å². The molecule has 0 aliphatic heterocycles. The Labute approximate surface area is 127 Å². The molecule has 3 nitrogen and oxygen atoms in total. The quantitative estimate of drug-likeness (QED) is 0.790. The summed E-state index contributed by atoms with van der Waals surface area (Å²) in [4.78, 5) is 0. The van der Waals surface area contributed by atoms with Crippen LogP contribution in [0.2, 0.25) is 0 Å². The lowest BCUT2D eigenvalue weighted by molar-refractivity contribution is 0.261. The Hall–Kier alpha value is -1.45. The lowest BCUT2D eigenvalue weighted by Gasteiger charge is -2.33. The van der Waals surface area contributed by atoms with Crippen LogP contribution >= 0.6 is 0 Å². The third-order valence-electron chi connectivity index (χ3n) is 4.52. The Morgan fingerprint density at radius 2 is 2.05 bits per heavy atom. The van der Waals surface area contributed by atoms with Crippen LogP contribution in [-0.2, 0) is 0 Å². The zero-order chi connectivity index (χ0) is 15.4. The standard InChI is InChI=1S/C17H27FN2O/c1-4-7-21-17-10-16(15(19)9-14(17)18)20-13-6-5-11(2)12(3)8-13/h9-13,20H,4-8,19H2,1-3H3. The highest BCUT2D eigenvalue weighted by molar-refractivity contribution is 5.69. The van der Waals surface area contributed by atoms with Gasteiger partial charge in [0.15, 0.2) is 11.6 Å². The number of nitrogens with one attached hydrogen (secondary N) is 1. The molecule has 1 aromatic rings. The van der Waals surface area contributed by atoms with Crippen molar-refractivity contribution in [2.75, 3.05) is 17.7 Å². The summed E-state index contributed by atoms with van der Waals surface area (Å²) < 4.78 is 19.3. The first kappa shape index (κ1) is 15.9. The molecule has 1 aliphatic rings. The van der Waals surface area contributed by atoms with Crippen LogP contribution in [0.3, 0.4) is 0 Å². The average molecular weight is 294 g/mol. The summed E-state index contributed by atoms with van der Waals surface area (Å²) in [6.45, 7) is 7.11. The topological polar surface area (TPSA) is 47.3 Å². The van der Waals surface area contributed by atoms with Crippen molar-refractivity contribution in [3.63, 3.8) is 0 Å². The predicted molar refractivity (Wildman–Crippen MR) is 86.2 cm³/mol. The summed E-state index contributed by atoms with van der Waals surface area (Å²) in [5, 5.41) is 3.47. The maximum atomic E-state index is 13.8. The highest BCUT2D eigenvalue weighted by Crippen LogP contribution is 2.34. The Morgan fingerprint density at radius 3 is 2.71 bits per heavy atom. The zero-order valence-electron chi connectivity index (χ0n) is 13.3. The van der Waals surface area contributed by atoms with Gasteiger partial charge in [-0.05, 0) is 37.5 Å². The molecular formula is C17H27FN2O. The smallest absolute Gasteiger partial charge is 0.167 e. The number of hydrogen-bond acceptors (Lipinski definition) is 3. The molecule has 0 bridgehead atoms. The van der Waals surface area contributed by atoms with Crippen molar-refractivity contribution in [1.82, 2.24) is 0 Å². The molecule has 1 saturated carbocycles. The van der Waals surface area contributed by atoms with Gasteiger partial charge >= 0.3 is 0 Å². The van der Waals surface area contributed by atoms with E-state index in [0.717, 1.165) is 30.9 Å². The molecule has 0 radical (unpaired) electrons. The third-order valence-corrected chi connectivity index (χ3v) is 4.52. The molecule has 0 spiro atoms. The van der Waals surface area contributed by atoms with Crippen LogP contribution < -0.4 is 15.8 Å². The van der Waals surface area contributed by atoms with Gasteiger partial charge in [0.1, 0.15) is 0 Å². The van der Waals surface area contributed by atoms with Gasteiger partial charge in [-0.25, -0.2) is 4.39 Å². The van der Waals surface area contributed by atoms with Crippen LogP contribution in [-0.4, -0.2) is 12.6 Å². The minimum Gasteiger partial charge on any atom is -0.490 e. The predicted octanol–water partition coefficient (Wildman–Crippen LogP) is 4.43. The minimum absolute atomic E-state index is 0.283. The third kappa shape index (κ3) is 4.02. The molecule has 0 heterocycles. The fourth-order valence-corrected chi connectivity index (χ4v) is 2.91. The van der Waals surface area contributed by atoms with Crippen LogP contribution in [0.4, 0.5) is 15.8 Å². The van der Waals surface area contributed by atoms with E-state index in [2.05, 4.69) is 19.2 Å². The first-order valence-corrected chi connectivity index (χ1v) is 7.99. The first-order valence-electron chi connectivity index (χ1n) is 7.99. The monoisotopic (exact) mass is 294 g/mol. The molecule has 3 unspecified atom stereocenters. The van der Waals surface area contributed by atoms with Gasteiger partial charge in [0.25, 0.3) is 0 Å². The number of nitrogen functional groups attached to an aromatic ring is 1. The second kappa shape index (κ2) is 7.01. The maximum Gasteiger partial charge on any atom is 0.167 e. The van der Waals surface area contributed by atoms with Crippen molar-refractivity contribution < 1.29 is 9.13 Å². The highest BCUT2D eigenvalue weighted by atomic mass is 19.1. The van der Waals surface area contributed by atoms with Crippen molar-refractivity contribution in [1.29, 1.82) is 0 Å². The molecule has 1 aromatic carbocycles. The molecule has 0 saturated heterocycles. The number of hydrogen-bond donors (Lipinski definition) is 2. The Kier molecular flexibility index (Phi) is 5.32. The molecule has 1 fully saturated rings. The molecule has 118 valence electrons. The van der Waals surface area contributed by atoms with Crippen molar-refractivity contribution in [2.45, 2.75) is 52.5 Å². The molecule has 21 heavy (non-hydrogen) atoms. The van der Waals surface area contributed by atoms with Gasteiger partial charge in [0, 0.05) is 18.2 Å². The fourth-order valence-electron chi connectivity index (χ4n) is 2.91. The molecule has 0 amide bonds. The SMILES string of the molecule is CCCOc1cc(NC2CCC(C)C(C)C2)c(N)cc1F. The van der Waals surface area contributed by atoms with Crippen LogP contribution in [0, 0.1) is 17.7 Å². The van der Waals surface area contributed by atoms with E-state index in [1.807, 2.05) is 6.92 Å². The largest absolute Gasteiger partial charge is 0.490 e. The molecule has 2 rings (SSSR count). The summed E-state index contributed by atoms with van der Waals surface area (Å²) in [7, 11) is 0. The van der Waals surface area contributed by atoms with Gasteiger partial charge in [0.05, 0.1) is 18.0 Å². The molecule has 3 atom stereocenters. The zero-order valence-corrected chi connectivity index (χ0v) is 13.3. The number of anilines is 2. The summed E-state index contributed by atoms with van der Waals surface area (Å²) >= 11 is 0. The Balaban J connectivity index is 2.08. The summed E-state index contributed by atoms with van der Waals surface area (Å²) in [6.07, 6.45) is 4.33. The van der Waals surface area contributed by atoms with Gasteiger partial charge in [0.2, 0.25) is 0 Å². The van der Waals surface area contributed by atoms with Crippen molar-refractivity contribution in [3.8, 4) is 5.75 Å². The van der Waals surface area contributed by atoms with Crippen LogP contribution in [0.1, 0.15) is 46.5 Å². The summed E-state index contributed by atoms with van der Waals surface area (Å²) in [5.41, 5.74) is 7.17. The number of benzene rings is 1. The summed E-state index contributed by atoms with van der Waals surface area (Å²) in [6, 6.07) is 3.45. The molecular weight excluding hydrogens is 267 g/mol. The fraction of sp³-hybridized carbons (Fsp3) is 0.647. The molecule has 0 aromatic heterocycles. The number of halogens is 1. The van der Waals surface area contributed by atoms with E-state index in [1.165, 1.54) is 12.5 Å². The number of nitrogens with two attached hydrogens (primary N) is 1. The van der Waals surface area contributed by atoms with Crippen molar-refractivity contribution in [3.05, 3.63) is 17.9 Å². The van der Waals surface area contributed by atoms with Crippen LogP contribution in [0.5, 0.6) is 5.75 Å². The average Bonchev–Trinajstić information content (AvgIpc) is 2.44. The van der Waals surface area contributed by atoms with Crippen molar-refractivity contribution in [2.24, 2.45) is 11.8 Å².